The number of likely N-dealkylation sites (tertiary alicyclic amines) is 1. The van der Waals surface area contributed by atoms with Crippen molar-refractivity contribution in [1.82, 2.24) is 24.8 Å². The molecule has 1 saturated carbocycles. The van der Waals surface area contributed by atoms with E-state index in [2.05, 4.69) is 15.4 Å². The Kier molecular flexibility index (Phi) is 6.61. The van der Waals surface area contributed by atoms with Crippen LogP contribution < -0.4 is 11.1 Å². The molecule has 3 heterocycles. The van der Waals surface area contributed by atoms with Crippen LogP contribution in [-0.4, -0.2) is 62.5 Å². The van der Waals surface area contributed by atoms with Gasteiger partial charge in [-0.3, -0.25) is 9.59 Å². The minimum atomic E-state index is -5.08. The van der Waals surface area contributed by atoms with E-state index in [-0.39, 0.29) is 11.3 Å². The minimum Gasteiger partial charge on any atom is -0.382 e. The van der Waals surface area contributed by atoms with Crippen LogP contribution in [0.2, 0.25) is 0 Å². The molecule has 0 radical (unpaired) electrons. The van der Waals surface area contributed by atoms with E-state index in [1.165, 1.54) is 0 Å². The van der Waals surface area contributed by atoms with Crippen LogP contribution in [0.5, 0.6) is 0 Å². The molecule has 1 aliphatic carbocycles. The summed E-state index contributed by atoms with van der Waals surface area (Å²) >= 11 is 0. The Labute approximate surface area is 224 Å². The molecule has 2 aromatic heterocycles. The predicted octanol–water partition coefficient (Wildman–Crippen LogP) is 4.34. The molecule has 1 saturated heterocycles. The molecule has 41 heavy (non-hydrogen) atoms. The number of fused-ring (bicyclic) bond motifs is 1. The van der Waals surface area contributed by atoms with Gasteiger partial charge in [-0.2, -0.15) is 31.4 Å². The third kappa shape index (κ3) is 5.24. The number of nitrogen functional groups attached to an aromatic ring is 1. The standard InChI is InChI=1S/C24H19F9N6O2/c25-15-7-38(21(41)11-5-22(26,27)6-11)8-16(15)37-20(40)12-3-10(1-2-13(12)23(28,29)30)17-4-14(24(31,32)33)18-19(34)35-9-36-39(17)18/h1-4,9,11,15-16H,5-8H2,(H,37,40)(H2,34,35,36)/t15-,16+/m0/s1. The molecule has 3 N–H and O–H groups in total. The van der Waals surface area contributed by atoms with E-state index < -0.39 is 102 Å². The van der Waals surface area contributed by atoms with Crippen LogP contribution in [0.4, 0.5) is 45.3 Å². The van der Waals surface area contributed by atoms with Gasteiger partial charge in [0.2, 0.25) is 11.8 Å². The number of nitrogens with one attached hydrogen (secondary N) is 1. The number of anilines is 1. The lowest BCUT2D eigenvalue weighted by molar-refractivity contribution is -0.159. The number of benzene rings is 1. The molecule has 1 aliphatic heterocycles. The van der Waals surface area contributed by atoms with E-state index in [1.807, 2.05) is 0 Å². The fraction of sp³-hybridized carbons (Fsp3) is 0.417. The predicted molar refractivity (Wildman–Crippen MR) is 123 cm³/mol. The molecule has 2 aliphatic rings. The topological polar surface area (TPSA) is 106 Å². The number of carbonyl (C=O) groups excluding carboxylic acids is 2. The molecule has 5 rings (SSSR count). The van der Waals surface area contributed by atoms with Crippen molar-refractivity contribution in [2.24, 2.45) is 5.92 Å². The molecule has 220 valence electrons. The zero-order valence-corrected chi connectivity index (χ0v) is 20.5. The number of amides is 2. The van der Waals surface area contributed by atoms with E-state index in [0.717, 1.165) is 21.8 Å². The summed E-state index contributed by atoms with van der Waals surface area (Å²) in [6.07, 6.45) is -12.5. The number of carbonyl (C=O) groups is 2. The van der Waals surface area contributed by atoms with Gasteiger partial charge in [-0.05, 0) is 18.2 Å². The molecule has 0 spiro atoms. The van der Waals surface area contributed by atoms with Crippen LogP contribution in [0.3, 0.4) is 0 Å². The average molecular weight is 594 g/mol. The molecule has 2 atom stereocenters. The molecule has 8 nitrogen and oxygen atoms in total. The number of aromatic nitrogens is 3. The Morgan fingerprint density at radius 2 is 1.66 bits per heavy atom. The number of nitrogens with zero attached hydrogens (tertiary/aromatic N) is 4. The summed E-state index contributed by atoms with van der Waals surface area (Å²) in [7, 11) is 0. The lowest BCUT2D eigenvalue weighted by Gasteiger charge is -2.36. The van der Waals surface area contributed by atoms with Crippen molar-refractivity contribution in [3.05, 3.63) is 47.3 Å². The van der Waals surface area contributed by atoms with Gasteiger partial charge in [0.1, 0.15) is 18.0 Å². The summed E-state index contributed by atoms with van der Waals surface area (Å²) in [5.74, 6) is -6.76. The van der Waals surface area contributed by atoms with Gasteiger partial charge >= 0.3 is 12.4 Å². The Morgan fingerprint density at radius 1 is 1.00 bits per heavy atom. The Morgan fingerprint density at radius 3 is 2.27 bits per heavy atom. The molecular weight excluding hydrogens is 575 g/mol. The summed E-state index contributed by atoms with van der Waals surface area (Å²) in [5, 5.41) is 5.82. The Bertz CT molecular complexity index is 1530. The van der Waals surface area contributed by atoms with Crippen molar-refractivity contribution in [3.8, 4) is 11.3 Å². The van der Waals surface area contributed by atoms with Crippen molar-refractivity contribution in [1.29, 1.82) is 0 Å². The average Bonchev–Trinajstić information content (AvgIpc) is 3.43. The summed E-state index contributed by atoms with van der Waals surface area (Å²) in [4.78, 5) is 29.9. The zero-order chi connectivity index (χ0) is 30.1. The second-order valence-electron chi connectivity index (χ2n) is 9.91. The van der Waals surface area contributed by atoms with Gasteiger partial charge in [0, 0.05) is 30.9 Å². The zero-order valence-electron chi connectivity index (χ0n) is 20.5. The Hall–Kier alpha value is -4.05. The second kappa shape index (κ2) is 9.51. The number of hydrogen-bond acceptors (Lipinski definition) is 5. The van der Waals surface area contributed by atoms with E-state index in [1.54, 1.807) is 0 Å². The first-order chi connectivity index (χ1) is 19.0. The van der Waals surface area contributed by atoms with Gasteiger partial charge in [-0.15, -0.1) is 0 Å². The maximum atomic E-state index is 14.7. The van der Waals surface area contributed by atoms with Crippen LogP contribution in [0.1, 0.15) is 34.3 Å². The summed E-state index contributed by atoms with van der Waals surface area (Å²) in [5.41, 5.74) is 0.556. The third-order valence-electron chi connectivity index (χ3n) is 7.07. The highest BCUT2D eigenvalue weighted by Gasteiger charge is 2.51. The highest BCUT2D eigenvalue weighted by atomic mass is 19.4. The molecular formula is C24H19F9N6O2. The number of rotatable bonds is 4. The SMILES string of the molecule is Nc1ncnn2c(-c3ccc(C(F)(F)F)c(C(=O)N[C@@H]4CN(C(=O)C5CC(F)(F)C5)C[C@@H]4F)c3)cc(C(F)(F)F)c12. The number of alkyl halides is 9. The van der Waals surface area contributed by atoms with Crippen LogP contribution in [0, 0.1) is 5.92 Å². The van der Waals surface area contributed by atoms with Gasteiger partial charge in [-0.25, -0.2) is 22.7 Å². The first-order valence-corrected chi connectivity index (χ1v) is 12.0. The van der Waals surface area contributed by atoms with Crippen molar-refractivity contribution < 1.29 is 49.1 Å². The van der Waals surface area contributed by atoms with Gasteiger partial charge in [-0.1, -0.05) is 6.07 Å². The molecule has 0 bridgehead atoms. The largest absolute Gasteiger partial charge is 0.418 e. The van der Waals surface area contributed by atoms with E-state index in [9.17, 15) is 49.1 Å². The van der Waals surface area contributed by atoms with E-state index in [4.69, 9.17) is 5.73 Å². The summed E-state index contributed by atoms with van der Waals surface area (Å²) in [6, 6.07) is 1.12. The number of nitrogens with two attached hydrogens (primary N) is 1. The quantitative estimate of drug-likeness (QED) is 0.438. The first-order valence-electron chi connectivity index (χ1n) is 12.0. The van der Waals surface area contributed by atoms with Crippen molar-refractivity contribution in [2.45, 2.75) is 43.3 Å². The van der Waals surface area contributed by atoms with Gasteiger partial charge in [0.25, 0.3) is 5.91 Å². The molecule has 2 fully saturated rings. The molecule has 3 aromatic rings. The Balaban J connectivity index is 1.46. The summed E-state index contributed by atoms with van der Waals surface area (Å²) in [6.45, 7) is -1.03. The van der Waals surface area contributed by atoms with Crippen LogP contribution >= 0.6 is 0 Å². The van der Waals surface area contributed by atoms with Crippen molar-refractivity contribution >= 4 is 23.1 Å². The maximum absolute atomic E-state index is 14.7. The molecule has 1 aromatic carbocycles. The third-order valence-corrected chi connectivity index (χ3v) is 7.07. The van der Waals surface area contributed by atoms with Crippen LogP contribution in [0.25, 0.3) is 16.8 Å². The monoisotopic (exact) mass is 594 g/mol. The highest BCUT2D eigenvalue weighted by molar-refractivity contribution is 5.97. The fourth-order valence-electron chi connectivity index (χ4n) is 5.05. The normalized spacial score (nSPS) is 21.2. The van der Waals surface area contributed by atoms with Crippen LogP contribution in [0.15, 0.2) is 30.6 Å². The molecule has 17 heteroatoms. The minimum absolute atomic E-state index is 0.280. The maximum Gasteiger partial charge on any atom is 0.418 e. The van der Waals surface area contributed by atoms with Crippen molar-refractivity contribution in [3.63, 3.8) is 0 Å². The van der Waals surface area contributed by atoms with Gasteiger partial charge in [0.05, 0.1) is 35.0 Å². The van der Waals surface area contributed by atoms with E-state index in [0.29, 0.717) is 18.2 Å². The molecule has 2 amide bonds. The highest BCUT2D eigenvalue weighted by Crippen LogP contribution is 2.44. The van der Waals surface area contributed by atoms with Crippen molar-refractivity contribution in [2.75, 3.05) is 18.8 Å². The first kappa shape index (κ1) is 28.5. The van der Waals surface area contributed by atoms with Crippen LogP contribution in [-0.2, 0) is 17.1 Å². The fourth-order valence-corrected chi connectivity index (χ4v) is 5.05. The molecule has 0 unspecified atom stereocenters. The lowest BCUT2D eigenvalue weighted by atomic mass is 9.80. The smallest absolute Gasteiger partial charge is 0.382 e. The lowest BCUT2D eigenvalue weighted by Crippen LogP contribution is -2.47. The number of halogens is 9. The van der Waals surface area contributed by atoms with E-state index >= 15 is 0 Å². The second-order valence-corrected chi connectivity index (χ2v) is 9.91. The van der Waals surface area contributed by atoms with Gasteiger partial charge < -0.3 is 16.0 Å². The summed E-state index contributed by atoms with van der Waals surface area (Å²) < 4.78 is 124. The van der Waals surface area contributed by atoms with Gasteiger partial charge in [0.15, 0.2) is 5.82 Å². The number of hydrogen-bond donors (Lipinski definition) is 2.